The van der Waals surface area contributed by atoms with Gasteiger partial charge in [0.05, 0.1) is 4.90 Å². The van der Waals surface area contributed by atoms with Crippen LogP contribution in [0, 0.1) is 0 Å². The van der Waals surface area contributed by atoms with Crippen molar-refractivity contribution in [2.75, 3.05) is 10.6 Å². The Morgan fingerprint density at radius 2 is 1.58 bits per heavy atom. The molecule has 1 fully saturated rings. The van der Waals surface area contributed by atoms with E-state index in [4.69, 9.17) is 0 Å². The lowest BCUT2D eigenvalue weighted by atomic mass is 10.1. The molecule has 1 aliphatic rings. The monoisotopic (exact) mass is 435 g/mol. The molecule has 0 aliphatic heterocycles. The van der Waals surface area contributed by atoms with Gasteiger partial charge in [-0.3, -0.25) is 4.79 Å². The number of carbonyl (C=O) groups is 1. The van der Waals surface area contributed by atoms with Crippen LogP contribution in [0.4, 0.5) is 11.4 Å². The standard InChI is InChI=1S/C24H25N3O3S/c1-17(18-6-3-2-4-7-18)25-20-10-12-21(13-11-20)26-24(28)19-8-5-9-23(16-19)31(29,30)27-22-14-15-22/h2-13,16-17,22,25,27H,14-15H2,1H3,(H,26,28). The van der Waals surface area contributed by atoms with E-state index in [0.717, 1.165) is 18.5 Å². The molecule has 3 N–H and O–H groups in total. The Hall–Kier alpha value is -3.16. The highest BCUT2D eigenvalue weighted by molar-refractivity contribution is 7.89. The number of hydrogen-bond acceptors (Lipinski definition) is 4. The minimum absolute atomic E-state index is 0.0132. The van der Waals surface area contributed by atoms with Crippen molar-refractivity contribution in [1.82, 2.24) is 4.72 Å². The van der Waals surface area contributed by atoms with Crippen LogP contribution in [0.2, 0.25) is 0 Å². The first-order valence-electron chi connectivity index (χ1n) is 10.3. The third kappa shape index (κ3) is 5.51. The van der Waals surface area contributed by atoms with Gasteiger partial charge in [0.25, 0.3) is 5.91 Å². The van der Waals surface area contributed by atoms with Crippen LogP contribution in [0.3, 0.4) is 0 Å². The number of amides is 1. The first-order valence-corrected chi connectivity index (χ1v) is 11.7. The molecule has 0 aromatic heterocycles. The number of rotatable bonds is 8. The fraction of sp³-hybridized carbons (Fsp3) is 0.208. The molecule has 1 saturated carbocycles. The van der Waals surface area contributed by atoms with E-state index >= 15 is 0 Å². The summed E-state index contributed by atoms with van der Waals surface area (Å²) in [5, 5.41) is 6.25. The lowest BCUT2D eigenvalue weighted by Crippen LogP contribution is -2.26. The first kappa shape index (κ1) is 21.1. The summed E-state index contributed by atoms with van der Waals surface area (Å²) < 4.78 is 27.4. The molecule has 0 bridgehead atoms. The van der Waals surface area contributed by atoms with Crippen LogP contribution in [-0.2, 0) is 10.0 Å². The summed E-state index contributed by atoms with van der Waals surface area (Å²) in [5.74, 6) is -0.359. The molecule has 1 unspecified atom stereocenters. The lowest BCUT2D eigenvalue weighted by Gasteiger charge is -2.16. The minimum atomic E-state index is -3.60. The maximum atomic E-state index is 12.6. The van der Waals surface area contributed by atoms with Crippen LogP contribution in [0.15, 0.2) is 83.8 Å². The number of hydrogen-bond donors (Lipinski definition) is 3. The van der Waals surface area contributed by atoms with E-state index in [1.54, 1.807) is 12.1 Å². The van der Waals surface area contributed by atoms with E-state index in [1.807, 2.05) is 42.5 Å². The number of carbonyl (C=O) groups excluding carboxylic acids is 1. The Kier molecular flexibility index (Phi) is 6.06. The average Bonchev–Trinajstić information content (AvgIpc) is 3.59. The van der Waals surface area contributed by atoms with E-state index < -0.39 is 10.0 Å². The molecular weight excluding hydrogens is 410 g/mol. The van der Waals surface area contributed by atoms with Crippen molar-refractivity contribution in [3.8, 4) is 0 Å². The van der Waals surface area contributed by atoms with Crippen molar-refractivity contribution in [1.29, 1.82) is 0 Å². The van der Waals surface area contributed by atoms with E-state index in [1.165, 1.54) is 17.7 Å². The highest BCUT2D eigenvalue weighted by atomic mass is 32.2. The quantitative estimate of drug-likeness (QED) is 0.484. The predicted octanol–water partition coefficient (Wildman–Crippen LogP) is 4.55. The van der Waals surface area contributed by atoms with Gasteiger partial charge in [-0.25, -0.2) is 13.1 Å². The highest BCUT2D eigenvalue weighted by Crippen LogP contribution is 2.23. The number of anilines is 2. The predicted molar refractivity (Wildman–Crippen MR) is 123 cm³/mol. The fourth-order valence-electron chi connectivity index (χ4n) is 3.22. The molecule has 6 nitrogen and oxygen atoms in total. The van der Waals surface area contributed by atoms with Gasteiger partial charge in [0.15, 0.2) is 0 Å². The second kappa shape index (κ2) is 8.91. The SMILES string of the molecule is CC(Nc1ccc(NC(=O)c2cccc(S(=O)(=O)NC3CC3)c2)cc1)c1ccccc1. The van der Waals surface area contributed by atoms with Crippen molar-refractivity contribution < 1.29 is 13.2 Å². The molecule has 1 aliphatic carbocycles. The van der Waals surface area contributed by atoms with Crippen LogP contribution >= 0.6 is 0 Å². The van der Waals surface area contributed by atoms with Crippen LogP contribution < -0.4 is 15.4 Å². The lowest BCUT2D eigenvalue weighted by molar-refractivity contribution is 0.102. The van der Waals surface area contributed by atoms with Crippen LogP contribution in [-0.4, -0.2) is 20.4 Å². The topological polar surface area (TPSA) is 87.3 Å². The molecule has 31 heavy (non-hydrogen) atoms. The Bertz CT molecular complexity index is 1160. The first-order chi connectivity index (χ1) is 14.9. The molecule has 3 aromatic carbocycles. The zero-order chi connectivity index (χ0) is 21.8. The molecule has 0 spiro atoms. The summed E-state index contributed by atoms with van der Waals surface area (Å²) in [7, 11) is -3.60. The summed E-state index contributed by atoms with van der Waals surface area (Å²) in [6.07, 6.45) is 1.71. The maximum Gasteiger partial charge on any atom is 0.255 e. The Balaban J connectivity index is 1.40. The number of sulfonamides is 1. The van der Waals surface area contributed by atoms with Gasteiger partial charge < -0.3 is 10.6 Å². The van der Waals surface area contributed by atoms with Gasteiger partial charge in [0, 0.05) is 29.0 Å². The van der Waals surface area contributed by atoms with E-state index in [2.05, 4.69) is 34.4 Å². The molecular formula is C24H25N3O3S. The zero-order valence-electron chi connectivity index (χ0n) is 17.2. The van der Waals surface area contributed by atoms with Crippen molar-refractivity contribution in [2.24, 2.45) is 0 Å². The van der Waals surface area contributed by atoms with E-state index in [9.17, 15) is 13.2 Å². The Morgan fingerprint density at radius 3 is 2.26 bits per heavy atom. The fourth-order valence-corrected chi connectivity index (χ4v) is 4.57. The van der Waals surface area contributed by atoms with Crippen LogP contribution in [0.1, 0.15) is 41.7 Å². The second-order valence-electron chi connectivity index (χ2n) is 7.73. The summed E-state index contributed by atoms with van der Waals surface area (Å²) in [6, 6.07) is 23.8. The third-order valence-electron chi connectivity index (χ3n) is 5.13. The van der Waals surface area contributed by atoms with Crippen molar-refractivity contribution >= 4 is 27.3 Å². The molecule has 160 valence electrons. The van der Waals surface area contributed by atoms with Gasteiger partial charge in [-0.05, 0) is 67.8 Å². The van der Waals surface area contributed by atoms with Gasteiger partial charge in [-0.2, -0.15) is 0 Å². The Labute approximate surface area is 182 Å². The van der Waals surface area contributed by atoms with Gasteiger partial charge in [0.2, 0.25) is 10.0 Å². The zero-order valence-corrected chi connectivity index (χ0v) is 18.0. The van der Waals surface area contributed by atoms with Crippen molar-refractivity contribution in [3.05, 3.63) is 90.0 Å². The molecule has 3 aromatic rings. The second-order valence-corrected chi connectivity index (χ2v) is 9.45. The summed E-state index contributed by atoms with van der Waals surface area (Å²) in [4.78, 5) is 12.7. The van der Waals surface area contributed by atoms with Gasteiger partial charge in [-0.15, -0.1) is 0 Å². The minimum Gasteiger partial charge on any atom is -0.379 e. The molecule has 1 amide bonds. The van der Waals surface area contributed by atoms with Gasteiger partial charge in [-0.1, -0.05) is 36.4 Å². The highest BCUT2D eigenvalue weighted by Gasteiger charge is 2.28. The molecule has 0 saturated heterocycles. The average molecular weight is 436 g/mol. The maximum absolute atomic E-state index is 12.6. The molecule has 0 heterocycles. The Morgan fingerprint density at radius 1 is 0.903 bits per heavy atom. The van der Waals surface area contributed by atoms with E-state index in [-0.39, 0.29) is 22.9 Å². The molecule has 1 atom stereocenters. The molecule has 7 heteroatoms. The smallest absolute Gasteiger partial charge is 0.255 e. The van der Waals surface area contributed by atoms with Crippen LogP contribution in [0.5, 0.6) is 0 Å². The summed E-state index contributed by atoms with van der Waals surface area (Å²) in [5.41, 5.74) is 3.05. The number of benzene rings is 3. The van der Waals surface area contributed by atoms with Gasteiger partial charge in [0.1, 0.15) is 0 Å². The summed E-state index contributed by atoms with van der Waals surface area (Å²) in [6.45, 7) is 2.09. The van der Waals surface area contributed by atoms with Crippen molar-refractivity contribution in [2.45, 2.75) is 36.7 Å². The van der Waals surface area contributed by atoms with Crippen molar-refractivity contribution in [3.63, 3.8) is 0 Å². The number of nitrogens with one attached hydrogen (secondary N) is 3. The molecule has 0 radical (unpaired) electrons. The van der Waals surface area contributed by atoms with Gasteiger partial charge >= 0.3 is 0 Å². The van der Waals surface area contributed by atoms with E-state index in [0.29, 0.717) is 11.3 Å². The van der Waals surface area contributed by atoms with Crippen LogP contribution in [0.25, 0.3) is 0 Å². The third-order valence-corrected chi connectivity index (χ3v) is 6.65. The molecule has 4 rings (SSSR count). The summed E-state index contributed by atoms with van der Waals surface area (Å²) >= 11 is 0. The normalized spacial score (nSPS) is 14.6. The largest absolute Gasteiger partial charge is 0.379 e.